The van der Waals surface area contributed by atoms with Crippen molar-refractivity contribution in [3.63, 3.8) is 0 Å². The molecule has 5 atom stereocenters. The number of esters is 1. The molecule has 3 heterocycles. The summed E-state index contributed by atoms with van der Waals surface area (Å²) in [5.74, 6) is -2.22. The smallest absolute Gasteiger partial charge is 0.312 e. The third-order valence-electron chi connectivity index (χ3n) is 6.97. The second kappa shape index (κ2) is 9.58. The highest BCUT2D eigenvalue weighted by Crippen LogP contribution is 2.58. The van der Waals surface area contributed by atoms with Gasteiger partial charge < -0.3 is 24.8 Å². The highest BCUT2D eigenvalue weighted by molar-refractivity contribution is 5.98. The van der Waals surface area contributed by atoms with Crippen molar-refractivity contribution in [3.8, 4) is 0 Å². The van der Waals surface area contributed by atoms with E-state index >= 15 is 0 Å². The van der Waals surface area contributed by atoms with Gasteiger partial charge in [-0.1, -0.05) is 30.3 Å². The van der Waals surface area contributed by atoms with Gasteiger partial charge in [0.15, 0.2) is 0 Å². The Morgan fingerprint density at radius 1 is 1.25 bits per heavy atom. The molecule has 32 heavy (non-hydrogen) atoms. The maximum absolute atomic E-state index is 13.6. The summed E-state index contributed by atoms with van der Waals surface area (Å²) in [5, 5.41) is 12.1. The molecule has 4 rings (SSSR count). The van der Waals surface area contributed by atoms with Gasteiger partial charge in [-0.25, -0.2) is 0 Å². The molecule has 8 nitrogen and oxygen atoms in total. The summed E-state index contributed by atoms with van der Waals surface area (Å²) in [4.78, 5) is 41.3. The van der Waals surface area contributed by atoms with Gasteiger partial charge in [0.05, 0.1) is 24.5 Å². The van der Waals surface area contributed by atoms with Crippen LogP contribution < -0.4 is 5.32 Å². The van der Waals surface area contributed by atoms with E-state index in [0.717, 1.165) is 12.0 Å². The third-order valence-corrected chi connectivity index (χ3v) is 6.97. The zero-order valence-electron chi connectivity index (χ0n) is 18.5. The van der Waals surface area contributed by atoms with E-state index in [9.17, 15) is 14.4 Å². The number of aliphatic hydroxyl groups excluding tert-OH is 1. The number of hydrogen-bond donors (Lipinski definition) is 2. The second-order valence-electron chi connectivity index (χ2n) is 8.83. The van der Waals surface area contributed by atoms with Gasteiger partial charge in [-0.2, -0.15) is 0 Å². The Bertz CT molecular complexity index is 846. The number of hydrogen-bond acceptors (Lipinski definition) is 6. The average Bonchev–Trinajstić information content (AvgIpc) is 3.43. The van der Waals surface area contributed by atoms with Crippen molar-refractivity contribution in [1.82, 2.24) is 10.2 Å². The SMILES string of the molecule is CCOC(=O)[C@@H]1[C@H]2C(=O)N(CCCCCO)C(C(=O)NCc3ccccc3)C23CC[C@H]1O3. The predicted octanol–water partition coefficient (Wildman–Crippen LogP) is 1.40. The van der Waals surface area contributed by atoms with Crippen molar-refractivity contribution in [1.29, 1.82) is 0 Å². The number of unbranched alkanes of at least 4 members (excludes halogenated alkanes) is 2. The molecule has 8 heteroatoms. The van der Waals surface area contributed by atoms with Crippen LogP contribution in [0.15, 0.2) is 30.3 Å². The van der Waals surface area contributed by atoms with Gasteiger partial charge in [-0.05, 0) is 44.6 Å². The molecule has 2 amide bonds. The van der Waals surface area contributed by atoms with Crippen LogP contribution in [0, 0.1) is 11.8 Å². The Morgan fingerprint density at radius 2 is 2.03 bits per heavy atom. The molecule has 2 N–H and O–H groups in total. The van der Waals surface area contributed by atoms with Crippen molar-refractivity contribution in [3.05, 3.63) is 35.9 Å². The number of amides is 2. The van der Waals surface area contributed by atoms with Gasteiger partial charge >= 0.3 is 5.97 Å². The highest BCUT2D eigenvalue weighted by atomic mass is 16.6. The molecule has 174 valence electrons. The highest BCUT2D eigenvalue weighted by Gasteiger charge is 2.74. The summed E-state index contributed by atoms with van der Waals surface area (Å²) in [7, 11) is 0. The summed E-state index contributed by atoms with van der Waals surface area (Å²) >= 11 is 0. The average molecular weight is 445 g/mol. The first-order chi connectivity index (χ1) is 15.5. The molecule has 2 bridgehead atoms. The van der Waals surface area contributed by atoms with E-state index in [1.54, 1.807) is 11.8 Å². The molecule has 1 spiro atoms. The van der Waals surface area contributed by atoms with Crippen molar-refractivity contribution < 1.29 is 29.0 Å². The maximum Gasteiger partial charge on any atom is 0.312 e. The second-order valence-corrected chi connectivity index (χ2v) is 8.83. The number of carbonyl (C=O) groups excluding carboxylic acids is 3. The Balaban J connectivity index is 1.58. The summed E-state index contributed by atoms with van der Waals surface area (Å²) in [6, 6.07) is 8.83. The number of nitrogens with zero attached hydrogens (tertiary/aromatic N) is 1. The summed E-state index contributed by atoms with van der Waals surface area (Å²) < 4.78 is 11.6. The van der Waals surface area contributed by atoms with Crippen LogP contribution in [-0.4, -0.2) is 65.3 Å². The van der Waals surface area contributed by atoms with Gasteiger partial charge in [0.1, 0.15) is 11.6 Å². The molecule has 0 radical (unpaired) electrons. The van der Waals surface area contributed by atoms with Crippen LogP contribution in [0.3, 0.4) is 0 Å². The molecule has 1 aromatic rings. The fourth-order valence-electron chi connectivity index (χ4n) is 5.65. The van der Waals surface area contributed by atoms with Crippen LogP contribution in [0.2, 0.25) is 0 Å². The van der Waals surface area contributed by atoms with Crippen LogP contribution in [-0.2, 0) is 30.4 Å². The summed E-state index contributed by atoms with van der Waals surface area (Å²) in [6.07, 6.45) is 2.88. The predicted molar refractivity (Wildman–Crippen MR) is 115 cm³/mol. The summed E-state index contributed by atoms with van der Waals surface area (Å²) in [5.41, 5.74) is -0.0218. The van der Waals surface area contributed by atoms with Crippen LogP contribution >= 0.6 is 0 Å². The Morgan fingerprint density at radius 3 is 2.75 bits per heavy atom. The van der Waals surface area contributed by atoms with Crippen LogP contribution in [0.5, 0.6) is 0 Å². The quantitative estimate of drug-likeness (QED) is 0.418. The van der Waals surface area contributed by atoms with Crippen molar-refractivity contribution in [2.75, 3.05) is 19.8 Å². The minimum atomic E-state index is -0.989. The first-order valence-corrected chi connectivity index (χ1v) is 11.6. The molecule has 3 saturated heterocycles. The van der Waals surface area contributed by atoms with E-state index in [1.807, 2.05) is 30.3 Å². The molecule has 3 fully saturated rings. The molecule has 0 aliphatic carbocycles. The van der Waals surface area contributed by atoms with Crippen LogP contribution in [0.4, 0.5) is 0 Å². The lowest BCUT2D eigenvalue weighted by atomic mass is 9.71. The maximum atomic E-state index is 13.6. The Hall–Kier alpha value is -2.45. The molecule has 2 unspecified atom stereocenters. The van der Waals surface area contributed by atoms with Gasteiger partial charge in [0.2, 0.25) is 11.8 Å². The van der Waals surface area contributed by atoms with Crippen LogP contribution in [0.25, 0.3) is 0 Å². The van der Waals surface area contributed by atoms with E-state index < -0.39 is 29.4 Å². The van der Waals surface area contributed by atoms with Gasteiger partial charge in [0, 0.05) is 19.7 Å². The molecular formula is C24H32N2O6. The van der Waals surface area contributed by atoms with E-state index in [2.05, 4.69) is 5.32 Å². The minimum Gasteiger partial charge on any atom is -0.466 e. The van der Waals surface area contributed by atoms with E-state index in [0.29, 0.717) is 38.8 Å². The zero-order valence-corrected chi connectivity index (χ0v) is 18.5. The van der Waals surface area contributed by atoms with Crippen molar-refractivity contribution in [2.24, 2.45) is 11.8 Å². The van der Waals surface area contributed by atoms with Crippen molar-refractivity contribution in [2.45, 2.75) is 63.3 Å². The molecule has 3 aliphatic heterocycles. The van der Waals surface area contributed by atoms with Gasteiger partial charge in [-0.15, -0.1) is 0 Å². The molecule has 0 aromatic heterocycles. The van der Waals surface area contributed by atoms with E-state index in [-0.39, 0.29) is 31.1 Å². The normalized spacial score (nSPS) is 30.4. The fraction of sp³-hybridized carbons (Fsp3) is 0.625. The van der Waals surface area contributed by atoms with Crippen LogP contribution in [0.1, 0.15) is 44.6 Å². The van der Waals surface area contributed by atoms with E-state index in [4.69, 9.17) is 14.6 Å². The number of likely N-dealkylation sites (tertiary alicyclic amines) is 1. The third kappa shape index (κ3) is 3.90. The lowest BCUT2D eigenvalue weighted by molar-refractivity contribution is -0.154. The molecule has 3 aliphatic rings. The number of rotatable bonds is 10. The van der Waals surface area contributed by atoms with Crippen molar-refractivity contribution >= 4 is 17.8 Å². The monoisotopic (exact) mass is 444 g/mol. The number of nitrogens with one attached hydrogen (secondary N) is 1. The molecular weight excluding hydrogens is 412 g/mol. The fourth-order valence-corrected chi connectivity index (χ4v) is 5.65. The number of carbonyl (C=O) groups is 3. The lowest BCUT2D eigenvalue weighted by Gasteiger charge is -2.33. The molecule has 0 saturated carbocycles. The zero-order chi connectivity index (χ0) is 22.7. The lowest BCUT2D eigenvalue weighted by Crippen LogP contribution is -2.55. The first kappa shape index (κ1) is 22.7. The topological polar surface area (TPSA) is 105 Å². The minimum absolute atomic E-state index is 0.0945. The number of aliphatic hydroxyl groups is 1. The number of benzene rings is 1. The van der Waals surface area contributed by atoms with Gasteiger partial charge in [0.25, 0.3) is 0 Å². The Kier molecular flexibility index (Phi) is 6.81. The number of ether oxygens (including phenoxy) is 2. The Labute approximate surface area is 188 Å². The largest absolute Gasteiger partial charge is 0.466 e. The van der Waals surface area contributed by atoms with Gasteiger partial charge in [-0.3, -0.25) is 14.4 Å². The first-order valence-electron chi connectivity index (χ1n) is 11.6. The standard InChI is InChI=1S/C24H32N2O6/c1-2-31-23(30)18-17-11-12-24(32-17)19(18)22(29)26(13-7-4-8-14-27)20(24)21(28)25-15-16-9-5-3-6-10-16/h3,5-6,9-10,17-20,27H,2,4,7-8,11-15H2,1H3,(H,25,28)/t17-,18+,19+,20?,24?/m1/s1. The summed E-state index contributed by atoms with van der Waals surface area (Å²) in [6.45, 7) is 2.82. The molecule has 1 aromatic carbocycles. The number of fused-ring (bicyclic) bond motifs is 1. The van der Waals surface area contributed by atoms with E-state index in [1.165, 1.54) is 0 Å².